The Labute approximate surface area is 172 Å². The first-order valence-corrected chi connectivity index (χ1v) is 9.82. The topological polar surface area (TPSA) is 90.9 Å². The van der Waals surface area contributed by atoms with Crippen LogP contribution in [0.1, 0.15) is 18.9 Å². The second kappa shape index (κ2) is 7.38. The van der Waals surface area contributed by atoms with Gasteiger partial charge >= 0.3 is 0 Å². The number of nitrogens with zero attached hydrogens (tertiary/aromatic N) is 4. The summed E-state index contributed by atoms with van der Waals surface area (Å²) in [5.41, 5.74) is 8.57. The number of nitrogens with one attached hydrogen (secondary N) is 1. The summed E-state index contributed by atoms with van der Waals surface area (Å²) < 4.78 is 21.1. The molecule has 1 saturated carbocycles. The van der Waals surface area contributed by atoms with Gasteiger partial charge in [-0.2, -0.15) is 5.10 Å². The lowest BCUT2D eigenvalue weighted by atomic mass is 9.87. The van der Waals surface area contributed by atoms with E-state index in [4.69, 9.17) is 15.6 Å². The molecule has 152 valence electrons. The molecule has 0 saturated heterocycles. The van der Waals surface area contributed by atoms with Crippen LogP contribution in [0.15, 0.2) is 54.9 Å². The van der Waals surface area contributed by atoms with E-state index in [1.807, 2.05) is 36.0 Å². The fraction of sp³-hybridized carbons (Fsp3) is 0.227. The van der Waals surface area contributed by atoms with Crippen LogP contribution in [0.25, 0.3) is 22.3 Å². The Morgan fingerprint density at radius 3 is 2.63 bits per heavy atom. The van der Waals surface area contributed by atoms with Gasteiger partial charge in [0.25, 0.3) is 0 Å². The van der Waals surface area contributed by atoms with Crippen molar-refractivity contribution in [2.75, 3.05) is 12.8 Å². The molecule has 2 aromatic heterocycles. The lowest BCUT2D eigenvalue weighted by Crippen LogP contribution is -2.40. The quantitative estimate of drug-likeness (QED) is 0.524. The third-order valence-electron chi connectivity index (χ3n) is 5.54. The van der Waals surface area contributed by atoms with E-state index in [2.05, 4.69) is 15.3 Å². The molecule has 0 spiro atoms. The molecular weight excluding hydrogens is 383 g/mol. The zero-order valence-corrected chi connectivity index (χ0v) is 16.4. The third kappa shape index (κ3) is 3.25. The van der Waals surface area contributed by atoms with Gasteiger partial charge in [-0.15, -0.1) is 0 Å². The molecule has 2 heterocycles. The van der Waals surface area contributed by atoms with E-state index in [9.17, 15) is 4.39 Å². The Hall–Kier alpha value is -3.52. The summed E-state index contributed by atoms with van der Waals surface area (Å²) in [5, 5.41) is 8.90. The molecule has 0 bridgehead atoms. The zero-order valence-electron chi connectivity index (χ0n) is 16.4. The van der Waals surface area contributed by atoms with Gasteiger partial charge in [-0.05, 0) is 56.3 Å². The second-order valence-corrected chi connectivity index (χ2v) is 7.45. The highest BCUT2D eigenvalue weighted by Gasteiger charge is 2.32. The number of anilines is 1. The minimum Gasteiger partial charge on any atom is -0.457 e. The van der Waals surface area contributed by atoms with Gasteiger partial charge in [-0.25, -0.2) is 19.0 Å². The molecular formula is C22H21FN6O. The number of hydrogen-bond acceptors (Lipinski definition) is 6. The Kier molecular flexibility index (Phi) is 4.55. The number of ether oxygens (including phenoxy) is 1. The summed E-state index contributed by atoms with van der Waals surface area (Å²) in [6.45, 7) is 0. The van der Waals surface area contributed by atoms with Crippen molar-refractivity contribution in [1.29, 1.82) is 0 Å². The van der Waals surface area contributed by atoms with E-state index in [0.29, 0.717) is 23.4 Å². The van der Waals surface area contributed by atoms with Gasteiger partial charge in [0.1, 0.15) is 35.2 Å². The van der Waals surface area contributed by atoms with Gasteiger partial charge in [0.2, 0.25) is 0 Å². The number of nitrogens with two attached hydrogens (primary N) is 1. The van der Waals surface area contributed by atoms with Gasteiger partial charge in [-0.3, -0.25) is 0 Å². The number of rotatable bonds is 5. The van der Waals surface area contributed by atoms with E-state index < -0.39 is 0 Å². The highest BCUT2D eigenvalue weighted by Crippen LogP contribution is 2.38. The van der Waals surface area contributed by atoms with Gasteiger partial charge in [0.05, 0.1) is 11.4 Å². The number of aromatic nitrogens is 4. The van der Waals surface area contributed by atoms with Crippen LogP contribution in [-0.4, -0.2) is 32.8 Å². The van der Waals surface area contributed by atoms with Crippen LogP contribution in [0.3, 0.4) is 0 Å². The van der Waals surface area contributed by atoms with Crippen LogP contribution in [0.4, 0.5) is 10.2 Å². The van der Waals surface area contributed by atoms with E-state index >= 15 is 0 Å². The fourth-order valence-corrected chi connectivity index (χ4v) is 3.82. The van der Waals surface area contributed by atoms with Crippen LogP contribution in [-0.2, 0) is 0 Å². The molecule has 1 aliphatic carbocycles. The van der Waals surface area contributed by atoms with Crippen molar-refractivity contribution in [3.8, 4) is 22.8 Å². The number of nitrogen functional groups attached to an aromatic ring is 1. The van der Waals surface area contributed by atoms with Crippen molar-refractivity contribution in [2.45, 2.75) is 24.9 Å². The maximum Gasteiger partial charge on any atom is 0.164 e. The molecule has 1 fully saturated rings. The molecule has 1 aliphatic rings. The summed E-state index contributed by atoms with van der Waals surface area (Å²) in [6, 6.07) is 14.3. The Balaban J connectivity index is 1.48. The molecule has 4 aromatic rings. The highest BCUT2D eigenvalue weighted by molar-refractivity contribution is 5.98. The van der Waals surface area contributed by atoms with Crippen LogP contribution in [0, 0.1) is 5.82 Å². The Morgan fingerprint density at radius 2 is 1.90 bits per heavy atom. The molecule has 0 aliphatic heterocycles. The van der Waals surface area contributed by atoms with Crippen molar-refractivity contribution in [2.24, 2.45) is 0 Å². The highest BCUT2D eigenvalue weighted by atomic mass is 19.1. The number of benzene rings is 2. The first-order valence-electron chi connectivity index (χ1n) is 9.82. The number of hydrogen-bond donors (Lipinski definition) is 2. The molecule has 0 radical (unpaired) electrons. The SMILES string of the molecule is CNC1CC(n2nc(-c3ccc(Oc4cccc(F)c4)cc3)c3c(N)ncnc32)C1. The molecule has 7 nitrogen and oxygen atoms in total. The van der Waals surface area contributed by atoms with E-state index in [1.165, 1.54) is 18.5 Å². The number of fused-ring (bicyclic) bond motifs is 1. The summed E-state index contributed by atoms with van der Waals surface area (Å²) in [6.07, 6.45) is 3.47. The van der Waals surface area contributed by atoms with E-state index in [0.717, 1.165) is 35.1 Å². The minimum absolute atomic E-state index is 0.281. The average molecular weight is 404 g/mol. The van der Waals surface area contributed by atoms with Crippen molar-refractivity contribution < 1.29 is 9.13 Å². The van der Waals surface area contributed by atoms with Crippen molar-refractivity contribution in [3.05, 3.63) is 60.7 Å². The molecule has 30 heavy (non-hydrogen) atoms. The summed E-state index contributed by atoms with van der Waals surface area (Å²) in [7, 11) is 1.97. The summed E-state index contributed by atoms with van der Waals surface area (Å²) in [5.74, 6) is 1.12. The summed E-state index contributed by atoms with van der Waals surface area (Å²) >= 11 is 0. The maximum absolute atomic E-state index is 13.4. The molecule has 5 rings (SSSR count). The van der Waals surface area contributed by atoms with Gasteiger partial charge in [-0.1, -0.05) is 6.07 Å². The van der Waals surface area contributed by atoms with Crippen molar-refractivity contribution >= 4 is 16.9 Å². The monoisotopic (exact) mass is 404 g/mol. The van der Waals surface area contributed by atoms with Crippen LogP contribution < -0.4 is 15.8 Å². The molecule has 3 N–H and O–H groups in total. The van der Waals surface area contributed by atoms with Crippen molar-refractivity contribution in [3.63, 3.8) is 0 Å². The lowest BCUT2D eigenvalue weighted by Gasteiger charge is -2.35. The van der Waals surface area contributed by atoms with Gasteiger partial charge in [0, 0.05) is 17.7 Å². The normalized spacial score (nSPS) is 18.3. The van der Waals surface area contributed by atoms with Gasteiger partial charge in [0.15, 0.2) is 5.65 Å². The predicted molar refractivity (Wildman–Crippen MR) is 113 cm³/mol. The molecule has 2 aromatic carbocycles. The molecule has 0 unspecified atom stereocenters. The first-order chi connectivity index (χ1) is 14.6. The van der Waals surface area contributed by atoms with Crippen LogP contribution >= 0.6 is 0 Å². The minimum atomic E-state index is -0.340. The predicted octanol–water partition coefficient (Wildman–Crippen LogP) is 3.93. The third-order valence-corrected chi connectivity index (χ3v) is 5.54. The Bertz CT molecular complexity index is 1200. The second-order valence-electron chi connectivity index (χ2n) is 7.45. The lowest BCUT2D eigenvalue weighted by molar-refractivity contribution is 0.224. The first kappa shape index (κ1) is 18.5. The van der Waals surface area contributed by atoms with Gasteiger partial charge < -0.3 is 15.8 Å². The van der Waals surface area contributed by atoms with E-state index in [-0.39, 0.29) is 11.9 Å². The van der Waals surface area contributed by atoms with E-state index in [1.54, 1.807) is 12.1 Å². The van der Waals surface area contributed by atoms with Crippen LogP contribution in [0.5, 0.6) is 11.5 Å². The average Bonchev–Trinajstić information content (AvgIpc) is 3.09. The number of halogens is 1. The summed E-state index contributed by atoms with van der Waals surface area (Å²) in [4.78, 5) is 8.62. The zero-order chi connectivity index (χ0) is 20.7. The molecule has 0 atom stereocenters. The largest absolute Gasteiger partial charge is 0.457 e. The maximum atomic E-state index is 13.4. The fourth-order valence-electron chi connectivity index (χ4n) is 3.82. The smallest absolute Gasteiger partial charge is 0.164 e. The Morgan fingerprint density at radius 1 is 1.10 bits per heavy atom. The molecule has 0 amide bonds. The molecule has 8 heteroatoms. The standard InChI is InChI=1S/C22H21FN6O/c1-25-15-10-16(11-15)29-22-19(21(24)26-12-27-22)20(28-29)13-5-7-17(8-6-13)30-18-4-2-3-14(23)9-18/h2-9,12,15-16,25H,10-11H2,1H3,(H2,24,26,27). The van der Waals surface area contributed by atoms with Crippen molar-refractivity contribution in [1.82, 2.24) is 25.1 Å². The van der Waals surface area contributed by atoms with Crippen LogP contribution in [0.2, 0.25) is 0 Å².